The third-order valence-electron chi connectivity index (χ3n) is 5.46. The van der Waals surface area contributed by atoms with E-state index in [1.165, 1.54) is 4.57 Å². The number of aromatic amines is 1. The molecule has 0 fully saturated rings. The molecule has 0 aliphatic heterocycles. The number of carbonyl (C=O) groups excluding carboxylic acids is 1. The predicted molar refractivity (Wildman–Crippen MR) is 144 cm³/mol. The highest BCUT2D eigenvalue weighted by Gasteiger charge is 2.29. The molecular weight excluding hydrogens is 461 g/mol. The molecule has 1 aliphatic carbocycles. The summed E-state index contributed by atoms with van der Waals surface area (Å²) in [6, 6.07) is -0.405. The number of carbonyl (C=O) groups is 1. The van der Waals surface area contributed by atoms with Crippen molar-refractivity contribution < 1.29 is 13.9 Å². The molecule has 2 atom stereocenters. The van der Waals surface area contributed by atoms with E-state index in [2.05, 4.69) is 10.3 Å². The summed E-state index contributed by atoms with van der Waals surface area (Å²) in [6.45, 7) is 19.8. The molecular formula is C27H44FN5O3. The number of nitrogens with zero attached hydrogens (tertiary/aromatic N) is 3. The number of allylic oxidation sites excluding steroid dienone is 4. The molecule has 0 spiro atoms. The van der Waals surface area contributed by atoms with Crippen molar-refractivity contribution in [2.24, 2.45) is 5.92 Å². The molecule has 0 aromatic carbocycles. The molecule has 0 radical (unpaired) electrons. The van der Waals surface area contributed by atoms with Gasteiger partial charge in [0.1, 0.15) is 11.6 Å². The van der Waals surface area contributed by atoms with Gasteiger partial charge in [-0.3, -0.25) is 9.36 Å². The number of aromatic nitrogens is 4. The van der Waals surface area contributed by atoms with Gasteiger partial charge in [-0.1, -0.05) is 34.6 Å². The van der Waals surface area contributed by atoms with Crippen LogP contribution in [0.2, 0.25) is 0 Å². The molecule has 1 unspecified atom stereocenters. The first-order valence-electron chi connectivity index (χ1n) is 12.8. The van der Waals surface area contributed by atoms with E-state index in [0.717, 1.165) is 11.3 Å². The van der Waals surface area contributed by atoms with Gasteiger partial charge in [0, 0.05) is 36.0 Å². The molecule has 2 aromatic rings. The van der Waals surface area contributed by atoms with E-state index < -0.39 is 6.04 Å². The molecule has 0 saturated heterocycles. The zero-order valence-electron chi connectivity index (χ0n) is 23.5. The van der Waals surface area contributed by atoms with Crippen LogP contribution in [0.15, 0.2) is 34.7 Å². The number of H-pyrrole nitrogens is 1. The van der Waals surface area contributed by atoms with Crippen LogP contribution in [0.1, 0.15) is 93.0 Å². The van der Waals surface area contributed by atoms with E-state index in [4.69, 9.17) is 9.84 Å². The fraction of sp³-hybridized carbons (Fsp3) is 0.593. The smallest absolute Gasteiger partial charge is 0.331 e. The largest absolute Gasteiger partial charge is 0.375 e. The minimum atomic E-state index is -0.405. The minimum Gasteiger partial charge on any atom is -0.375 e. The van der Waals surface area contributed by atoms with Crippen molar-refractivity contribution in [3.05, 3.63) is 51.6 Å². The molecule has 0 saturated carbocycles. The van der Waals surface area contributed by atoms with Crippen molar-refractivity contribution in [3.63, 3.8) is 0 Å². The maximum absolute atomic E-state index is 14.4. The highest BCUT2D eigenvalue weighted by Crippen LogP contribution is 2.35. The Morgan fingerprint density at radius 3 is 2.44 bits per heavy atom. The topological polar surface area (TPSA) is 93.9 Å². The average Bonchev–Trinajstić information content (AvgIpc) is 3.42. The minimum absolute atomic E-state index is 0.142. The second kappa shape index (κ2) is 14.0. The van der Waals surface area contributed by atoms with Crippen molar-refractivity contribution >= 4 is 12.1 Å². The Labute approximate surface area is 214 Å². The monoisotopic (exact) mass is 505 g/mol. The second-order valence-corrected chi connectivity index (χ2v) is 9.22. The van der Waals surface area contributed by atoms with Crippen molar-refractivity contribution in [3.8, 4) is 5.82 Å². The number of halogens is 1. The number of imidazole rings is 1. The lowest BCUT2D eigenvalue weighted by Crippen LogP contribution is -2.24. The van der Waals surface area contributed by atoms with Crippen LogP contribution in [-0.4, -0.2) is 37.9 Å². The molecule has 8 nitrogen and oxygen atoms in total. The predicted octanol–water partition coefficient (Wildman–Crippen LogP) is 5.70. The van der Waals surface area contributed by atoms with Crippen LogP contribution < -0.4 is 11.0 Å². The van der Waals surface area contributed by atoms with Crippen molar-refractivity contribution in [2.75, 3.05) is 6.61 Å². The summed E-state index contributed by atoms with van der Waals surface area (Å²) in [7, 11) is 0. The van der Waals surface area contributed by atoms with Crippen LogP contribution in [0.5, 0.6) is 0 Å². The number of amides is 1. The van der Waals surface area contributed by atoms with Gasteiger partial charge in [0.25, 0.3) is 0 Å². The SMILES string of the molecule is CC.CC.CC1=C(F)C(C)CC(n2nc(CCOC(C)(C)C)c([C@H](C)NC=O)c2-n2cc[nH]c2=O)=C1. The molecule has 2 aromatic heterocycles. The summed E-state index contributed by atoms with van der Waals surface area (Å²) >= 11 is 0. The number of ether oxygens (including phenoxy) is 1. The highest BCUT2D eigenvalue weighted by molar-refractivity contribution is 5.60. The lowest BCUT2D eigenvalue weighted by molar-refractivity contribution is -0.110. The molecule has 202 valence electrons. The van der Waals surface area contributed by atoms with Gasteiger partial charge in [-0.2, -0.15) is 5.10 Å². The summed E-state index contributed by atoms with van der Waals surface area (Å²) < 4.78 is 23.4. The fourth-order valence-corrected chi connectivity index (χ4v) is 3.97. The standard InChI is InChI=1S/C23H32FN5O3.2C2H6/c1-14-11-17(12-15(2)20(14)24)29-21(28-9-8-25-22(28)31)19(16(3)26-13-30)18(27-29)7-10-32-23(4,5)6;2*1-2/h8-9,11,13,15-16H,7,10,12H2,1-6H3,(H,25,31)(H,26,30);2*1-2H3/t15?,16-;;/m0../s1. The van der Waals surface area contributed by atoms with E-state index in [0.29, 0.717) is 42.9 Å². The maximum Gasteiger partial charge on any atom is 0.331 e. The molecule has 2 heterocycles. The first kappa shape index (κ1) is 31.1. The Balaban J connectivity index is 0.00000154. The molecule has 1 amide bonds. The van der Waals surface area contributed by atoms with Gasteiger partial charge in [0.15, 0.2) is 0 Å². The van der Waals surface area contributed by atoms with Gasteiger partial charge in [-0.05, 0) is 52.7 Å². The zero-order valence-corrected chi connectivity index (χ0v) is 23.5. The lowest BCUT2D eigenvalue weighted by Gasteiger charge is -2.21. The van der Waals surface area contributed by atoms with Crippen LogP contribution in [0.25, 0.3) is 11.5 Å². The first-order valence-corrected chi connectivity index (χ1v) is 12.8. The van der Waals surface area contributed by atoms with Crippen LogP contribution in [0.4, 0.5) is 4.39 Å². The number of nitrogens with one attached hydrogen (secondary N) is 2. The lowest BCUT2D eigenvalue weighted by atomic mass is 9.94. The summed E-state index contributed by atoms with van der Waals surface area (Å²) in [5, 5.41) is 7.62. The van der Waals surface area contributed by atoms with Crippen LogP contribution >= 0.6 is 0 Å². The average molecular weight is 506 g/mol. The first-order chi connectivity index (χ1) is 17.0. The van der Waals surface area contributed by atoms with Crippen molar-refractivity contribution in [1.82, 2.24) is 24.6 Å². The number of rotatable bonds is 8. The van der Waals surface area contributed by atoms with E-state index in [9.17, 15) is 14.0 Å². The molecule has 3 rings (SSSR count). The normalized spacial score (nSPS) is 16.3. The summed E-state index contributed by atoms with van der Waals surface area (Å²) in [6.07, 6.45) is 6.49. The van der Waals surface area contributed by atoms with E-state index >= 15 is 0 Å². The summed E-state index contributed by atoms with van der Waals surface area (Å²) in [5.74, 6) is 0.0883. The number of hydrogen-bond donors (Lipinski definition) is 2. The zero-order chi connectivity index (χ0) is 27.6. The Morgan fingerprint density at radius 1 is 1.31 bits per heavy atom. The van der Waals surface area contributed by atoms with Crippen LogP contribution in [-0.2, 0) is 16.0 Å². The van der Waals surface area contributed by atoms with E-state index in [1.54, 1.807) is 30.1 Å². The van der Waals surface area contributed by atoms with Gasteiger partial charge in [0.05, 0.1) is 23.9 Å². The molecule has 36 heavy (non-hydrogen) atoms. The second-order valence-electron chi connectivity index (χ2n) is 9.22. The van der Waals surface area contributed by atoms with E-state index in [-0.39, 0.29) is 23.0 Å². The molecule has 1 aliphatic rings. The maximum atomic E-state index is 14.4. The van der Waals surface area contributed by atoms with Crippen molar-refractivity contribution in [1.29, 1.82) is 0 Å². The van der Waals surface area contributed by atoms with Gasteiger partial charge >= 0.3 is 5.69 Å². The van der Waals surface area contributed by atoms with Crippen molar-refractivity contribution in [2.45, 2.75) is 93.7 Å². The fourth-order valence-electron chi connectivity index (χ4n) is 3.97. The van der Waals surface area contributed by atoms with Crippen LogP contribution in [0.3, 0.4) is 0 Å². The van der Waals surface area contributed by atoms with Gasteiger partial charge < -0.3 is 15.0 Å². The Hall–Kier alpha value is -2.94. The number of hydrogen-bond acceptors (Lipinski definition) is 4. The third-order valence-corrected chi connectivity index (χ3v) is 5.46. The Kier molecular flexibility index (Phi) is 12.1. The third kappa shape index (κ3) is 7.53. The summed E-state index contributed by atoms with van der Waals surface area (Å²) in [4.78, 5) is 26.5. The quantitative estimate of drug-likeness (QED) is 0.450. The molecule has 0 bridgehead atoms. The Morgan fingerprint density at radius 2 is 1.94 bits per heavy atom. The summed E-state index contributed by atoms with van der Waals surface area (Å²) in [5.41, 5.74) is 2.11. The van der Waals surface area contributed by atoms with E-state index in [1.807, 2.05) is 62.3 Å². The molecule has 2 N–H and O–H groups in total. The Bertz CT molecular complexity index is 1100. The van der Waals surface area contributed by atoms with Gasteiger partial charge in [-0.15, -0.1) is 0 Å². The van der Waals surface area contributed by atoms with Gasteiger partial charge in [0.2, 0.25) is 6.41 Å². The molecule has 9 heteroatoms. The van der Waals surface area contributed by atoms with Crippen LogP contribution in [0, 0.1) is 5.92 Å². The highest BCUT2D eigenvalue weighted by atomic mass is 19.1. The van der Waals surface area contributed by atoms with Gasteiger partial charge in [-0.25, -0.2) is 13.9 Å².